The average Bonchev–Trinajstić information content (AvgIpc) is 0.811. The number of hydrogen-bond acceptors (Lipinski definition) is 3. The van der Waals surface area contributed by atoms with Gasteiger partial charge < -0.3 is 48.2 Å². The Morgan fingerprint density at radius 1 is 0.727 bits per heavy atom. The quantitative estimate of drug-likeness (QED) is 0.310. The Balaban J connectivity index is -0.00000000214. The van der Waals surface area contributed by atoms with Crippen molar-refractivity contribution in [2.45, 2.75) is 0 Å². The summed E-state index contributed by atoms with van der Waals surface area (Å²) < 4.78 is 0. The van der Waals surface area contributed by atoms with E-state index >= 15 is 0 Å². The molecule has 0 saturated carbocycles. The minimum Gasteiger partial charge on any atom is -0.412 e. The molecule has 0 aliphatic heterocycles. The minimum atomic E-state index is -1.75. The Morgan fingerprint density at radius 3 is 0.727 bits per heavy atom. The largest absolute Gasteiger partial charge is 0.412 e. The fraction of sp³-hybridized carbons (Fsp3) is 0. The fourth-order valence-electron chi connectivity index (χ4n) is 0. The molecule has 84 valence electrons. The van der Waals surface area contributed by atoms with Crippen LogP contribution < -0.4 is 0 Å². The molecule has 0 rings (SSSR count). The molecule has 0 bridgehead atoms. The van der Waals surface area contributed by atoms with Gasteiger partial charge in [-0.3, -0.25) is 0 Å². The zero-order valence-electron chi connectivity index (χ0n) is 4.96. The monoisotopic (exact) mass is 336 g/mol. The van der Waals surface area contributed by atoms with Gasteiger partial charge in [0.25, 0.3) is 0 Å². The van der Waals surface area contributed by atoms with E-state index < -0.39 is 5.09 Å². The molecule has 0 saturated heterocycles. The summed E-state index contributed by atoms with van der Waals surface area (Å²) in [4.78, 5) is 8.25. The molecule has 0 fully saturated rings. The molecular weight excluding hydrogens is 325 g/mol. The molecule has 0 aromatic heterocycles. The van der Waals surface area contributed by atoms with Crippen molar-refractivity contribution in [1.82, 2.24) is 0 Å². The van der Waals surface area contributed by atoms with Crippen LogP contribution in [-0.2, 0) is 0 Å². The van der Waals surface area contributed by atoms with Crippen LogP contribution in [0.5, 0.6) is 0 Å². The second-order valence-electron chi connectivity index (χ2n) is 0.224. The molecule has 0 aromatic carbocycles. The van der Waals surface area contributed by atoms with Gasteiger partial charge in [-0.1, -0.05) is 0 Å². The molecular formula is H12ErNO9-. The van der Waals surface area contributed by atoms with Gasteiger partial charge in [0, 0.05) is 37.3 Å². The van der Waals surface area contributed by atoms with E-state index in [2.05, 4.69) is 0 Å². The molecule has 0 atom stereocenters. The van der Waals surface area contributed by atoms with E-state index in [1.165, 1.54) is 0 Å². The zero-order chi connectivity index (χ0) is 3.58. The van der Waals surface area contributed by atoms with Gasteiger partial charge in [-0.25, -0.2) is 0 Å². The first-order chi connectivity index (χ1) is 1.73. The fourth-order valence-corrected chi connectivity index (χ4v) is 0. The summed E-state index contributed by atoms with van der Waals surface area (Å²) in [7, 11) is 0. The summed E-state index contributed by atoms with van der Waals surface area (Å²) in [5, 5.41) is 14.8. The third-order valence-corrected chi connectivity index (χ3v) is 0. The van der Waals surface area contributed by atoms with Gasteiger partial charge in [-0.05, 0) is 0 Å². The van der Waals surface area contributed by atoms with Crippen LogP contribution in [0.25, 0.3) is 0 Å². The van der Waals surface area contributed by atoms with E-state index in [0.717, 1.165) is 0 Å². The summed E-state index contributed by atoms with van der Waals surface area (Å²) in [5.74, 6) is 0. The third kappa shape index (κ3) is 16100. The predicted octanol–water partition coefficient (Wildman–Crippen LogP) is -5.19. The van der Waals surface area contributed by atoms with Gasteiger partial charge >= 0.3 is 0 Å². The summed E-state index contributed by atoms with van der Waals surface area (Å²) >= 11 is 0. The molecule has 0 unspecified atom stereocenters. The van der Waals surface area contributed by atoms with Crippen molar-refractivity contribution in [1.29, 1.82) is 0 Å². The van der Waals surface area contributed by atoms with Gasteiger partial charge in [-0.15, -0.1) is 0 Å². The third-order valence-electron chi connectivity index (χ3n) is 0. The predicted molar refractivity (Wildman–Crippen MR) is 32.0 cm³/mol. The number of hydrogen-bond donors (Lipinski definition) is 0. The molecule has 10 nitrogen and oxygen atoms in total. The maximum absolute atomic E-state index is 8.25. The second kappa shape index (κ2) is 84.1. The van der Waals surface area contributed by atoms with E-state index in [1.54, 1.807) is 0 Å². The van der Waals surface area contributed by atoms with E-state index in [1.807, 2.05) is 0 Å². The van der Waals surface area contributed by atoms with Crippen molar-refractivity contribution in [3.05, 3.63) is 15.3 Å². The van der Waals surface area contributed by atoms with E-state index in [0.29, 0.717) is 0 Å². The maximum atomic E-state index is 8.25. The van der Waals surface area contributed by atoms with Crippen molar-refractivity contribution in [3.8, 4) is 0 Å². The molecule has 12 N–H and O–H groups in total. The Labute approximate surface area is 90.4 Å². The maximum Gasteiger partial charge on any atom is 0.0689 e. The molecule has 0 radical (unpaired) electrons. The van der Waals surface area contributed by atoms with E-state index in [4.69, 9.17) is 15.3 Å². The molecule has 0 spiro atoms. The van der Waals surface area contributed by atoms with Gasteiger partial charge in [0.15, 0.2) is 0 Å². The van der Waals surface area contributed by atoms with Gasteiger partial charge in [0.1, 0.15) is 0 Å². The Morgan fingerprint density at radius 2 is 0.727 bits per heavy atom. The van der Waals surface area contributed by atoms with E-state index in [9.17, 15) is 0 Å². The normalized spacial score (nSPS) is 2.18. The summed E-state index contributed by atoms with van der Waals surface area (Å²) in [6, 6.07) is 0. The Kier molecular flexibility index (Phi) is 868. The SMILES string of the molecule is O.O.O.O.O.O.O=[N+]([O-])[O-].[Er]. The van der Waals surface area contributed by atoms with Crippen LogP contribution in [0.4, 0.5) is 0 Å². The van der Waals surface area contributed by atoms with Crippen LogP contribution in [0, 0.1) is 52.6 Å². The van der Waals surface area contributed by atoms with Crippen molar-refractivity contribution in [3.63, 3.8) is 0 Å². The van der Waals surface area contributed by atoms with Crippen molar-refractivity contribution in [2.24, 2.45) is 0 Å². The van der Waals surface area contributed by atoms with Gasteiger partial charge in [-0.2, -0.15) is 0 Å². The summed E-state index contributed by atoms with van der Waals surface area (Å²) in [5.41, 5.74) is 0. The summed E-state index contributed by atoms with van der Waals surface area (Å²) in [6.07, 6.45) is 0. The first-order valence-electron chi connectivity index (χ1n) is 0.548. The van der Waals surface area contributed by atoms with Crippen molar-refractivity contribution >= 4 is 0 Å². The molecule has 0 aromatic rings. The van der Waals surface area contributed by atoms with Gasteiger partial charge in [0.2, 0.25) is 0 Å². The molecule has 0 aliphatic carbocycles. The number of nitrogens with zero attached hydrogens (tertiary/aromatic N) is 1. The van der Waals surface area contributed by atoms with E-state index in [-0.39, 0.29) is 70.2 Å². The van der Waals surface area contributed by atoms with Crippen LogP contribution in [-0.4, -0.2) is 37.9 Å². The first kappa shape index (κ1) is 114. The Hall–Kier alpha value is 0.207. The van der Waals surface area contributed by atoms with Crippen LogP contribution >= 0.6 is 0 Å². The van der Waals surface area contributed by atoms with Crippen molar-refractivity contribution in [2.75, 3.05) is 0 Å². The molecule has 11 heteroatoms. The van der Waals surface area contributed by atoms with Crippen molar-refractivity contribution < 1.29 is 75.2 Å². The smallest absolute Gasteiger partial charge is 0.0689 e. The molecule has 0 amide bonds. The molecule has 11 heavy (non-hydrogen) atoms. The van der Waals surface area contributed by atoms with Crippen LogP contribution in [0.3, 0.4) is 0 Å². The Bertz CT molecular complexity index is 32.5. The second-order valence-corrected chi connectivity index (χ2v) is 0.224. The van der Waals surface area contributed by atoms with Crippen LogP contribution in [0.2, 0.25) is 0 Å². The first-order valence-corrected chi connectivity index (χ1v) is 0.548. The topological polar surface area (TPSA) is 255 Å². The van der Waals surface area contributed by atoms with Crippen LogP contribution in [0.15, 0.2) is 0 Å². The summed E-state index contributed by atoms with van der Waals surface area (Å²) in [6.45, 7) is 0. The van der Waals surface area contributed by atoms with Gasteiger partial charge in [0.05, 0.1) is 5.09 Å². The number of rotatable bonds is 0. The van der Waals surface area contributed by atoms with Crippen LogP contribution in [0.1, 0.15) is 0 Å². The zero-order valence-corrected chi connectivity index (χ0v) is 6.81. The minimum absolute atomic E-state index is 0. The molecule has 0 aliphatic rings. The molecule has 0 heterocycles. The average molecular weight is 337 g/mol. The standard InChI is InChI=1S/Er.NO3.6H2O/c;2-1(3)4;;;;;;/h;;6*1H2/q;-1;;;;;;.